The van der Waals surface area contributed by atoms with Crippen molar-refractivity contribution in [1.82, 2.24) is 14.9 Å². The molecule has 1 fully saturated rings. The summed E-state index contributed by atoms with van der Waals surface area (Å²) in [4.78, 5) is 25.4. The zero-order chi connectivity index (χ0) is 20.9. The van der Waals surface area contributed by atoms with Crippen molar-refractivity contribution in [3.05, 3.63) is 83.3 Å². The van der Waals surface area contributed by atoms with E-state index in [0.29, 0.717) is 18.8 Å². The van der Waals surface area contributed by atoms with Gasteiger partial charge in [-0.1, -0.05) is 24.3 Å². The summed E-state index contributed by atoms with van der Waals surface area (Å²) >= 11 is 0. The van der Waals surface area contributed by atoms with Gasteiger partial charge in [-0.25, -0.2) is 9.78 Å². The molecule has 0 atom stereocenters. The van der Waals surface area contributed by atoms with Gasteiger partial charge in [0.25, 0.3) is 0 Å². The number of anilines is 1. The van der Waals surface area contributed by atoms with Gasteiger partial charge in [-0.05, 0) is 54.8 Å². The van der Waals surface area contributed by atoms with Gasteiger partial charge in [-0.15, -0.1) is 0 Å². The average molecular weight is 402 g/mol. The predicted molar refractivity (Wildman–Crippen MR) is 117 cm³/mol. The van der Waals surface area contributed by atoms with Gasteiger partial charge in [0.2, 0.25) is 0 Å². The Morgan fingerprint density at radius 3 is 2.13 bits per heavy atom. The highest BCUT2D eigenvalue weighted by Crippen LogP contribution is 2.18. The molecule has 0 N–H and O–H groups in total. The second-order valence-corrected chi connectivity index (χ2v) is 7.68. The van der Waals surface area contributed by atoms with Gasteiger partial charge in [0, 0.05) is 50.7 Å². The number of aryl methyl sites for hydroxylation is 2. The smallest absolute Gasteiger partial charge is 0.410 e. The van der Waals surface area contributed by atoms with Crippen molar-refractivity contribution in [2.24, 2.45) is 0 Å². The van der Waals surface area contributed by atoms with E-state index in [2.05, 4.69) is 27.0 Å². The number of ether oxygens (including phenoxy) is 1. The molecule has 3 aromatic rings. The van der Waals surface area contributed by atoms with Gasteiger partial charge in [-0.2, -0.15) is 0 Å². The minimum absolute atomic E-state index is 0.306. The molecule has 1 saturated heterocycles. The molecule has 0 saturated carbocycles. The summed E-state index contributed by atoms with van der Waals surface area (Å²) in [5.41, 5.74) is 4.44. The Morgan fingerprint density at radius 1 is 0.867 bits per heavy atom. The summed E-state index contributed by atoms with van der Waals surface area (Å²) in [5.74, 6) is 1.51. The van der Waals surface area contributed by atoms with Crippen LogP contribution < -0.4 is 9.64 Å². The Bertz CT molecular complexity index is 977. The molecule has 0 aliphatic carbocycles. The minimum atomic E-state index is -0.306. The monoisotopic (exact) mass is 402 g/mol. The van der Waals surface area contributed by atoms with E-state index in [1.54, 1.807) is 4.90 Å². The summed E-state index contributed by atoms with van der Waals surface area (Å²) in [6.07, 6.45) is 4.19. The lowest BCUT2D eigenvalue weighted by molar-refractivity contribution is 0.149. The van der Waals surface area contributed by atoms with Gasteiger partial charge in [0.15, 0.2) is 0 Å². The summed E-state index contributed by atoms with van der Waals surface area (Å²) in [5, 5.41) is 0. The van der Waals surface area contributed by atoms with Crippen molar-refractivity contribution in [2.45, 2.75) is 20.3 Å². The molecule has 0 spiro atoms. The largest absolute Gasteiger partial charge is 0.415 e. The van der Waals surface area contributed by atoms with E-state index in [0.717, 1.165) is 47.7 Å². The van der Waals surface area contributed by atoms with E-state index in [1.165, 1.54) is 0 Å². The standard InChI is InChI=1S/C24H26N4O2/c1-18-3-7-21(25-16-18)15-20-5-8-22(9-6-20)30-24(29)28-13-11-27(12-14-28)23-10-4-19(2)17-26-23/h3-10,16-17H,11-15H2,1-2H3. The number of piperazine rings is 1. The topological polar surface area (TPSA) is 58.6 Å². The number of pyridine rings is 2. The SMILES string of the molecule is Cc1ccc(Cc2ccc(OC(=O)N3CCN(c4ccc(C)cn4)CC3)cc2)nc1. The second-order valence-electron chi connectivity index (χ2n) is 7.68. The Labute approximate surface area is 177 Å². The van der Waals surface area contributed by atoms with Gasteiger partial charge in [-0.3, -0.25) is 4.98 Å². The molecular formula is C24H26N4O2. The van der Waals surface area contributed by atoms with E-state index < -0.39 is 0 Å². The van der Waals surface area contributed by atoms with Crippen LogP contribution in [0.25, 0.3) is 0 Å². The lowest BCUT2D eigenvalue weighted by atomic mass is 10.1. The molecule has 0 unspecified atom stereocenters. The number of hydrogen-bond acceptors (Lipinski definition) is 5. The van der Waals surface area contributed by atoms with E-state index in [4.69, 9.17) is 4.74 Å². The number of nitrogens with zero attached hydrogens (tertiary/aromatic N) is 4. The highest BCUT2D eigenvalue weighted by Gasteiger charge is 2.23. The van der Waals surface area contributed by atoms with Crippen LogP contribution in [-0.2, 0) is 6.42 Å². The van der Waals surface area contributed by atoms with Crippen molar-refractivity contribution in [3.8, 4) is 5.75 Å². The molecule has 1 amide bonds. The maximum absolute atomic E-state index is 12.5. The van der Waals surface area contributed by atoms with Crippen LogP contribution in [0.1, 0.15) is 22.4 Å². The molecule has 6 nitrogen and oxygen atoms in total. The van der Waals surface area contributed by atoms with Crippen molar-refractivity contribution < 1.29 is 9.53 Å². The summed E-state index contributed by atoms with van der Waals surface area (Å²) in [7, 11) is 0. The van der Waals surface area contributed by atoms with Gasteiger partial charge in [0.1, 0.15) is 11.6 Å². The second kappa shape index (κ2) is 8.95. The van der Waals surface area contributed by atoms with Gasteiger partial charge in [0.05, 0.1) is 0 Å². The third-order valence-corrected chi connectivity index (χ3v) is 5.24. The number of hydrogen-bond donors (Lipinski definition) is 0. The predicted octanol–water partition coefficient (Wildman–Crippen LogP) is 4.01. The molecule has 0 bridgehead atoms. The van der Waals surface area contributed by atoms with Crippen LogP contribution in [0, 0.1) is 13.8 Å². The maximum atomic E-state index is 12.5. The third-order valence-electron chi connectivity index (χ3n) is 5.24. The Kier molecular flexibility index (Phi) is 5.93. The fourth-order valence-electron chi connectivity index (χ4n) is 3.42. The summed E-state index contributed by atoms with van der Waals surface area (Å²) in [6, 6.07) is 15.8. The Morgan fingerprint density at radius 2 is 1.53 bits per heavy atom. The molecule has 1 aliphatic rings. The Hall–Kier alpha value is -3.41. The minimum Gasteiger partial charge on any atom is -0.410 e. The molecular weight excluding hydrogens is 376 g/mol. The van der Waals surface area contributed by atoms with Crippen LogP contribution in [-0.4, -0.2) is 47.1 Å². The molecule has 3 heterocycles. The van der Waals surface area contributed by atoms with Crippen LogP contribution in [0.5, 0.6) is 5.75 Å². The number of aromatic nitrogens is 2. The zero-order valence-electron chi connectivity index (χ0n) is 17.4. The highest BCUT2D eigenvalue weighted by molar-refractivity contribution is 5.71. The van der Waals surface area contributed by atoms with Gasteiger partial charge >= 0.3 is 6.09 Å². The van der Waals surface area contributed by atoms with E-state index in [-0.39, 0.29) is 6.09 Å². The van der Waals surface area contributed by atoms with Crippen LogP contribution >= 0.6 is 0 Å². The number of rotatable bonds is 4. The van der Waals surface area contributed by atoms with Crippen LogP contribution in [0.15, 0.2) is 60.9 Å². The van der Waals surface area contributed by atoms with E-state index in [9.17, 15) is 4.79 Å². The maximum Gasteiger partial charge on any atom is 0.415 e. The molecule has 30 heavy (non-hydrogen) atoms. The zero-order valence-corrected chi connectivity index (χ0v) is 17.4. The van der Waals surface area contributed by atoms with Crippen molar-refractivity contribution >= 4 is 11.9 Å². The van der Waals surface area contributed by atoms with Crippen LogP contribution in [0.2, 0.25) is 0 Å². The first-order chi connectivity index (χ1) is 14.6. The average Bonchev–Trinajstić information content (AvgIpc) is 2.77. The van der Waals surface area contributed by atoms with Crippen LogP contribution in [0.3, 0.4) is 0 Å². The van der Waals surface area contributed by atoms with E-state index in [1.807, 2.05) is 62.6 Å². The molecule has 6 heteroatoms. The summed E-state index contributed by atoms with van der Waals surface area (Å²) in [6.45, 7) is 6.77. The fraction of sp³-hybridized carbons (Fsp3) is 0.292. The van der Waals surface area contributed by atoms with Crippen molar-refractivity contribution in [2.75, 3.05) is 31.1 Å². The fourth-order valence-corrected chi connectivity index (χ4v) is 3.42. The Balaban J connectivity index is 1.28. The first kappa shape index (κ1) is 19.9. The van der Waals surface area contributed by atoms with Crippen molar-refractivity contribution in [1.29, 1.82) is 0 Å². The number of benzene rings is 1. The lowest BCUT2D eigenvalue weighted by Crippen LogP contribution is -2.49. The number of carbonyl (C=O) groups is 1. The summed E-state index contributed by atoms with van der Waals surface area (Å²) < 4.78 is 5.57. The number of amides is 1. The lowest BCUT2D eigenvalue weighted by Gasteiger charge is -2.34. The van der Waals surface area contributed by atoms with Crippen molar-refractivity contribution in [3.63, 3.8) is 0 Å². The van der Waals surface area contributed by atoms with Crippen LogP contribution in [0.4, 0.5) is 10.6 Å². The molecule has 1 aromatic carbocycles. The quantitative estimate of drug-likeness (QED) is 0.660. The molecule has 1 aliphatic heterocycles. The molecule has 2 aromatic heterocycles. The van der Waals surface area contributed by atoms with E-state index >= 15 is 0 Å². The first-order valence-corrected chi connectivity index (χ1v) is 10.2. The highest BCUT2D eigenvalue weighted by atomic mass is 16.6. The first-order valence-electron chi connectivity index (χ1n) is 10.2. The molecule has 0 radical (unpaired) electrons. The molecule has 4 rings (SSSR count). The third kappa shape index (κ3) is 4.95. The van der Waals surface area contributed by atoms with Gasteiger partial charge < -0.3 is 14.5 Å². The normalized spacial score (nSPS) is 13.9. The number of carbonyl (C=O) groups excluding carboxylic acids is 1. The molecule has 154 valence electrons.